The van der Waals surface area contributed by atoms with Gasteiger partial charge < -0.3 is 14.8 Å². The Balaban J connectivity index is 1.97. The van der Waals surface area contributed by atoms with Gasteiger partial charge in [0.05, 0.1) is 24.2 Å². The van der Waals surface area contributed by atoms with E-state index in [0.717, 1.165) is 0 Å². The summed E-state index contributed by atoms with van der Waals surface area (Å²) >= 11 is 0. The second-order valence-electron chi connectivity index (χ2n) is 6.54. The smallest absolute Gasteiger partial charge is 0.305 e. The van der Waals surface area contributed by atoms with Crippen molar-refractivity contribution in [1.29, 1.82) is 0 Å². The molecule has 0 aromatic heterocycles. The molecule has 150 valence electrons. The molecule has 2 rings (SSSR count). The van der Waals surface area contributed by atoms with Crippen LogP contribution in [0.5, 0.6) is 0 Å². The topological polar surface area (TPSA) is 102 Å². The third-order valence-corrected chi connectivity index (χ3v) is 6.06. The summed E-state index contributed by atoms with van der Waals surface area (Å²) in [5.74, 6) is -0.650. The quantitative estimate of drug-likeness (QED) is 0.546. The van der Waals surface area contributed by atoms with Gasteiger partial charge in [0.15, 0.2) is 0 Å². The summed E-state index contributed by atoms with van der Waals surface area (Å²) in [6.45, 7) is 4.61. The van der Waals surface area contributed by atoms with E-state index < -0.39 is 10.0 Å². The van der Waals surface area contributed by atoms with E-state index in [9.17, 15) is 18.0 Å². The van der Waals surface area contributed by atoms with Crippen LogP contribution >= 0.6 is 0 Å². The molecule has 0 saturated carbocycles. The van der Waals surface area contributed by atoms with Crippen molar-refractivity contribution in [3.05, 3.63) is 29.8 Å². The number of morpholine rings is 1. The van der Waals surface area contributed by atoms with E-state index in [0.29, 0.717) is 31.6 Å². The molecule has 0 aliphatic carbocycles. The predicted molar refractivity (Wildman–Crippen MR) is 98.8 cm³/mol. The van der Waals surface area contributed by atoms with Gasteiger partial charge >= 0.3 is 5.97 Å². The minimum Gasteiger partial charge on any atom is -0.469 e. The van der Waals surface area contributed by atoms with Crippen molar-refractivity contribution in [2.45, 2.75) is 43.8 Å². The zero-order valence-electron chi connectivity index (χ0n) is 15.8. The predicted octanol–water partition coefficient (Wildman–Crippen LogP) is 1.17. The molecule has 1 aromatic rings. The highest BCUT2D eigenvalue weighted by Gasteiger charge is 2.32. The third kappa shape index (κ3) is 5.75. The van der Waals surface area contributed by atoms with Crippen molar-refractivity contribution >= 4 is 21.9 Å². The van der Waals surface area contributed by atoms with Gasteiger partial charge in [-0.1, -0.05) is 0 Å². The summed E-state index contributed by atoms with van der Waals surface area (Å²) in [5.41, 5.74) is 0.357. The number of methoxy groups -OCH3 is 1. The summed E-state index contributed by atoms with van der Waals surface area (Å²) in [5, 5.41) is 2.69. The van der Waals surface area contributed by atoms with Crippen molar-refractivity contribution in [2.75, 3.05) is 26.7 Å². The Morgan fingerprint density at radius 3 is 2.33 bits per heavy atom. The van der Waals surface area contributed by atoms with E-state index in [1.807, 2.05) is 13.8 Å². The zero-order valence-corrected chi connectivity index (χ0v) is 16.6. The van der Waals surface area contributed by atoms with Crippen LogP contribution in [0.15, 0.2) is 29.2 Å². The summed E-state index contributed by atoms with van der Waals surface area (Å²) < 4.78 is 37.1. The van der Waals surface area contributed by atoms with Crippen LogP contribution in [0.4, 0.5) is 0 Å². The number of nitrogens with zero attached hydrogens (tertiary/aromatic N) is 1. The monoisotopic (exact) mass is 398 g/mol. The van der Waals surface area contributed by atoms with Gasteiger partial charge in [0.2, 0.25) is 10.0 Å². The molecule has 0 radical (unpaired) electrons. The first-order valence-corrected chi connectivity index (χ1v) is 10.3. The molecule has 1 aliphatic rings. The lowest BCUT2D eigenvalue weighted by molar-refractivity contribution is -0.140. The summed E-state index contributed by atoms with van der Waals surface area (Å²) in [7, 11) is -2.32. The van der Waals surface area contributed by atoms with E-state index in [1.165, 1.54) is 35.7 Å². The number of hydrogen-bond acceptors (Lipinski definition) is 6. The number of rotatable bonds is 7. The van der Waals surface area contributed by atoms with Gasteiger partial charge in [0.25, 0.3) is 5.91 Å². The van der Waals surface area contributed by atoms with Gasteiger partial charge in [0, 0.05) is 31.6 Å². The highest BCUT2D eigenvalue weighted by Crippen LogP contribution is 2.21. The minimum atomic E-state index is -3.63. The van der Waals surface area contributed by atoms with Crippen molar-refractivity contribution in [3.63, 3.8) is 0 Å². The van der Waals surface area contributed by atoms with Crippen LogP contribution in [-0.4, -0.2) is 63.6 Å². The molecule has 1 fully saturated rings. The molecule has 1 N–H and O–H groups in total. The Morgan fingerprint density at radius 2 is 1.78 bits per heavy atom. The Bertz CT molecular complexity index is 753. The first-order valence-electron chi connectivity index (χ1n) is 8.84. The zero-order chi connectivity index (χ0) is 20.0. The molecule has 1 amide bonds. The number of hydrogen-bond donors (Lipinski definition) is 1. The van der Waals surface area contributed by atoms with Gasteiger partial charge in [-0.15, -0.1) is 0 Å². The fourth-order valence-corrected chi connectivity index (χ4v) is 4.48. The molecule has 1 saturated heterocycles. The van der Waals surface area contributed by atoms with Crippen molar-refractivity contribution in [1.82, 2.24) is 9.62 Å². The fraction of sp³-hybridized carbons (Fsp3) is 0.556. The maximum absolute atomic E-state index is 12.8. The molecule has 0 unspecified atom stereocenters. The lowest BCUT2D eigenvalue weighted by atomic mass is 10.2. The Hall–Kier alpha value is -1.97. The van der Waals surface area contributed by atoms with Gasteiger partial charge in [-0.05, 0) is 44.5 Å². The third-order valence-electron chi connectivity index (χ3n) is 4.21. The van der Waals surface area contributed by atoms with Crippen molar-refractivity contribution in [2.24, 2.45) is 0 Å². The Labute approximate surface area is 159 Å². The molecular weight excluding hydrogens is 372 g/mol. The van der Waals surface area contributed by atoms with Crippen LogP contribution in [0, 0.1) is 0 Å². The normalized spacial score (nSPS) is 20.9. The van der Waals surface area contributed by atoms with Gasteiger partial charge in [-0.3, -0.25) is 9.59 Å². The molecular formula is C18H26N2O6S. The van der Waals surface area contributed by atoms with E-state index >= 15 is 0 Å². The van der Waals surface area contributed by atoms with Crippen molar-refractivity contribution < 1.29 is 27.5 Å². The van der Waals surface area contributed by atoms with Gasteiger partial charge in [-0.25, -0.2) is 8.42 Å². The number of esters is 1. The largest absolute Gasteiger partial charge is 0.469 e. The lowest BCUT2D eigenvalue weighted by Crippen LogP contribution is -2.48. The highest BCUT2D eigenvalue weighted by molar-refractivity contribution is 7.89. The molecule has 0 bridgehead atoms. The highest BCUT2D eigenvalue weighted by atomic mass is 32.2. The summed E-state index contributed by atoms with van der Waals surface area (Å²) in [6, 6.07) is 5.83. The van der Waals surface area contributed by atoms with Crippen LogP contribution in [0.3, 0.4) is 0 Å². The van der Waals surface area contributed by atoms with Crippen LogP contribution < -0.4 is 5.32 Å². The number of carbonyl (C=O) groups excluding carboxylic acids is 2. The van der Waals surface area contributed by atoms with E-state index in [-0.39, 0.29) is 35.4 Å². The summed E-state index contributed by atoms with van der Waals surface area (Å²) in [4.78, 5) is 23.3. The molecule has 1 aromatic carbocycles. The van der Waals surface area contributed by atoms with Crippen molar-refractivity contribution in [3.8, 4) is 0 Å². The number of ether oxygens (including phenoxy) is 2. The van der Waals surface area contributed by atoms with Crippen LogP contribution in [0.25, 0.3) is 0 Å². The van der Waals surface area contributed by atoms with E-state index in [1.54, 1.807) is 0 Å². The number of sulfonamides is 1. The second-order valence-corrected chi connectivity index (χ2v) is 8.48. The van der Waals surface area contributed by atoms with E-state index in [2.05, 4.69) is 10.1 Å². The molecule has 27 heavy (non-hydrogen) atoms. The van der Waals surface area contributed by atoms with Crippen LogP contribution in [-0.2, 0) is 24.3 Å². The number of benzene rings is 1. The molecule has 1 heterocycles. The molecule has 8 nitrogen and oxygen atoms in total. The molecule has 1 aliphatic heterocycles. The second kappa shape index (κ2) is 9.29. The molecule has 0 spiro atoms. The maximum atomic E-state index is 12.8. The first-order chi connectivity index (χ1) is 12.7. The number of nitrogens with one attached hydrogen (secondary N) is 1. The number of amides is 1. The SMILES string of the molecule is COC(=O)CCCNC(=O)c1ccc(S(=O)(=O)N2C[C@H](C)O[C@@H](C)C2)cc1. The lowest BCUT2D eigenvalue weighted by Gasteiger charge is -2.34. The average molecular weight is 398 g/mol. The maximum Gasteiger partial charge on any atom is 0.305 e. The minimum absolute atomic E-state index is 0.144. The molecule has 2 atom stereocenters. The standard InChI is InChI=1S/C18H26N2O6S/c1-13-11-20(12-14(2)26-13)27(23,24)16-8-6-15(7-9-16)18(22)19-10-4-5-17(21)25-3/h6-9,13-14H,4-5,10-12H2,1-3H3,(H,19,22)/t13-,14-/m0/s1. The Morgan fingerprint density at radius 1 is 1.19 bits per heavy atom. The van der Waals surface area contributed by atoms with Gasteiger partial charge in [-0.2, -0.15) is 4.31 Å². The van der Waals surface area contributed by atoms with Crippen LogP contribution in [0.1, 0.15) is 37.0 Å². The van der Waals surface area contributed by atoms with Gasteiger partial charge in [0.1, 0.15) is 0 Å². The van der Waals surface area contributed by atoms with E-state index in [4.69, 9.17) is 4.74 Å². The fourth-order valence-electron chi connectivity index (χ4n) is 2.89. The average Bonchev–Trinajstić information content (AvgIpc) is 2.64. The summed E-state index contributed by atoms with van der Waals surface area (Å²) in [6.07, 6.45) is 0.361. The number of carbonyl (C=O) groups is 2. The Kier molecular flexibility index (Phi) is 7.34. The first kappa shape index (κ1) is 21.3. The van der Waals surface area contributed by atoms with Crippen LogP contribution in [0.2, 0.25) is 0 Å². The molecule has 9 heteroatoms.